The summed E-state index contributed by atoms with van der Waals surface area (Å²) in [6.45, 7) is -1.40. The minimum absolute atomic E-state index is 0.0130. The molecule has 0 bridgehead atoms. The van der Waals surface area contributed by atoms with Crippen LogP contribution in [0.5, 0.6) is 5.75 Å². The molecule has 2 aromatic carbocycles. The largest absolute Gasteiger partial charge is 0.457 e. The van der Waals surface area contributed by atoms with Crippen LogP contribution in [0.2, 0.25) is 0 Å². The van der Waals surface area contributed by atoms with Gasteiger partial charge in [0.1, 0.15) is 18.0 Å². The zero-order valence-electron chi connectivity index (χ0n) is 15.3. The monoisotopic (exact) mass is 408 g/mol. The average molecular weight is 408 g/mol. The number of rotatable bonds is 7. The fourth-order valence-electron chi connectivity index (χ4n) is 2.93. The highest BCUT2D eigenvalue weighted by Crippen LogP contribution is 2.30. The summed E-state index contributed by atoms with van der Waals surface area (Å²) in [5.74, 6) is -0.919. The zero-order chi connectivity index (χ0) is 20.8. The Kier molecular flexibility index (Phi) is 6.55. The van der Waals surface area contributed by atoms with E-state index >= 15 is 0 Å². The number of carbonyl (C=O) groups is 1. The van der Waals surface area contributed by atoms with Gasteiger partial charge in [-0.3, -0.25) is 10.1 Å². The summed E-state index contributed by atoms with van der Waals surface area (Å²) >= 11 is 0. The van der Waals surface area contributed by atoms with Crippen LogP contribution in [0.1, 0.15) is 15.9 Å². The Morgan fingerprint density at radius 2 is 1.93 bits per heavy atom. The number of nitrogens with zero attached hydrogens (tertiary/aromatic N) is 2. The van der Waals surface area contributed by atoms with Crippen molar-refractivity contribution in [3.05, 3.63) is 63.7 Å². The van der Waals surface area contributed by atoms with E-state index in [2.05, 4.69) is 4.74 Å². The number of carbonyl (C=O) groups excluding carboxylic acids is 1. The van der Waals surface area contributed by atoms with E-state index in [9.17, 15) is 23.7 Å². The van der Waals surface area contributed by atoms with Crippen LogP contribution in [0.25, 0.3) is 0 Å². The molecule has 0 aromatic heterocycles. The molecule has 0 saturated carbocycles. The third-order valence-corrected chi connectivity index (χ3v) is 4.31. The Morgan fingerprint density at radius 1 is 1.21 bits per heavy atom. The van der Waals surface area contributed by atoms with Crippen LogP contribution in [-0.2, 0) is 16.1 Å². The van der Waals surface area contributed by atoms with Crippen LogP contribution in [0.4, 0.5) is 20.2 Å². The predicted molar refractivity (Wildman–Crippen MR) is 98.3 cm³/mol. The molecule has 0 atom stereocenters. The first kappa shape index (κ1) is 20.5. The van der Waals surface area contributed by atoms with Crippen LogP contribution < -0.4 is 9.64 Å². The van der Waals surface area contributed by atoms with Gasteiger partial charge in [-0.15, -0.1) is 0 Å². The number of anilines is 1. The maximum atomic E-state index is 12.5. The van der Waals surface area contributed by atoms with Crippen molar-refractivity contribution in [1.29, 1.82) is 0 Å². The van der Waals surface area contributed by atoms with Crippen molar-refractivity contribution in [2.75, 3.05) is 31.2 Å². The van der Waals surface area contributed by atoms with E-state index < -0.39 is 17.5 Å². The van der Waals surface area contributed by atoms with Gasteiger partial charge >= 0.3 is 12.6 Å². The fourth-order valence-corrected chi connectivity index (χ4v) is 2.93. The molecule has 1 aliphatic heterocycles. The smallest absolute Gasteiger partial charge is 0.387 e. The fraction of sp³-hybridized carbons (Fsp3) is 0.316. The molecule has 1 saturated heterocycles. The number of ether oxygens (including phenoxy) is 3. The van der Waals surface area contributed by atoms with E-state index in [0.717, 1.165) is 6.07 Å². The lowest BCUT2D eigenvalue weighted by Gasteiger charge is -2.28. The minimum atomic E-state index is -3.01. The van der Waals surface area contributed by atoms with Gasteiger partial charge in [-0.25, -0.2) is 4.79 Å². The first-order valence-electron chi connectivity index (χ1n) is 8.76. The highest BCUT2D eigenvalue weighted by Gasteiger charge is 2.24. The van der Waals surface area contributed by atoms with Gasteiger partial charge in [0, 0.05) is 24.7 Å². The van der Waals surface area contributed by atoms with Gasteiger partial charge < -0.3 is 19.1 Å². The van der Waals surface area contributed by atoms with Crippen LogP contribution in [-0.4, -0.2) is 43.8 Å². The van der Waals surface area contributed by atoms with Crippen molar-refractivity contribution in [2.24, 2.45) is 0 Å². The predicted octanol–water partition coefficient (Wildman–Crippen LogP) is 3.39. The van der Waals surface area contributed by atoms with Gasteiger partial charge in [-0.05, 0) is 18.2 Å². The SMILES string of the molecule is O=C(OCc1ccccc1OC(F)F)c1ccc(N2CCOCC2)c([N+](=O)[O-])c1. The van der Waals surface area contributed by atoms with E-state index in [-0.39, 0.29) is 29.2 Å². The molecule has 10 heteroatoms. The number of nitro groups is 1. The maximum Gasteiger partial charge on any atom is 0.387 e. The summed E-state index contributed by atoms with van der Waals surface area (Å²) in [5, 5.41) is 11.5. The summed E-state index contributed by atoms with van der Waals surface area (Å²) < 4.78 is 39.7. The molecule has 1 aliphatic rings. The molecular weight excluding hydrogens is 390 g/mol. The molecule has 0 radical (unpaired) electrons. The van der Waals surface area contributed by atoms with Gasteiger partial charge in [0.15, 0.2) is 0 Å². The molecule has 0 unspecified atom stereocenters. The molecule has 8 nitrogen and oxygen atoms in total. The van der Waals surface area contributed by atoms with Crippen LogP contribution >= 0.6 is 0 Å². The second kappa shape index (κ2) is 9.28. The van der Waals surface area contributed by atoms with Gasteiger partial charge in [-0.2, -0.15) is 8.78 Å². The van der Waals surface area contributed by atoms with Crippen molar-refractivity contribution in [1.82, 2.24) is 0 Å². The van der Waals surface area contributed by atoms with E-state index in [0.29, 0.717) is 32.0 Å². The van der Waals surface area contributed by atoms with Gasteiger partial charge in [-0.1, -0.05) is 18.2 Å². The topological polar surface area (TPSA) is 91.1 Å². The molecule has 0 spiro atoms. The van der Waals surface area contributed by atoms with Gasteiger partial charge in [0.25, 0.3) is 5.69 Å². The lowest BCUT2D eigenvalue weighted by molar-refractivity contribution is -0.384. The summed E-state index contributed by atoms with van der Waals surface area (Å²) in [6, 6.07) is 9.98. The summed E-state index contributed by atoms with van der Waals surface area (Å²) in [6.07, 6.45) is 0. The maximum absolute atomic E-state index is 12.5. The van der Waals surface area contributed by atoms with E-state index in [4.69, 9.17) is 9.47 Å². The highest BCUT2D eigenvalue weighted by molar-refractivity contribution is 5.91. The first-order chi connectivity index (χ1) is 14.0. The number of hydrogen-bond acceptors (Lipinski definition) is 7. The Bertz CT molecular complexity index is 887. The summed E-state index contributed by atoms with van der Waals surface area (Å²) in [4.78, 5) is 25.1. The van der Waals surface area contributed by atoms with Crippen molar-refractivity contribution >= 4 is 17.3 Å². The second-order valence-electron chi connectivity index (χ2n) is 6.12. The third-order valence-electron chi connectivity index (χ3n) is 4.31. The van der Waals surface area contributed by atoms with Crippen molar-refractivity contribution in [3.63, 3.8) is 0 Å². The summed E-state index contributed by atoms with van der Waals surface area (Å²) in [7, 11) is 0. The summed E-state index contributed by atoms with van der Waals surface area (Å²) in [5.41, 5.74) is 0.412. The van der Waals surface area contributed by atoms with Crippen LogP contribution in [0.15, 0.2) is 42.5 Å². The highest BCUT2D eigenvalue weighted by atomic mass is 19.3. The number of esters is 1. The van der Waals surface area contributed by atoms with E-state index in [1.165, 1.54) is 30.3 Å². The molecule has 1 heterocycles. The van der Waals surface area contributed by atoms with E-state index in [1.54, 1.807) is 6.07 Å². The second-order valence-corrected chi connectivity index (χ2v) is 6.12. The number of morpholine rings is 1. The Balaban J connectivity index is 1.74. The van der Waals surface area contributed by atoms with Crippen molar-refractivity contribution in [3.8, 4) is 5.75 Å². The molecule has 2 aromatic rings. The average Bonchev–Trinajstić information content (AvgIpc) is 2.72. The van der Waals surface area contributed by atoms with Gasteiger partial charge in [0.05, 0.1) is 23.7 Å². The molecule has 1 fully saturated rings. The number of halogens is 2. The van der Waals surface area contributed by atoms with Gasteiger partial charge in [0.2, 0.25) is 0 Å². The number of nitro benzene ring substituents is 1. The normalized spacial score (nSPS) is 14.0. The lowest BCUT2D eigenvalue weighted by Crippen LogP contribution is -2.36. The first-order valence-corrected chi connectivity index (χ1v) is 8.76. The van der Waals surface area contributed by atoms with Crippen LogP contribution in [0.3, 0.4) is 0 Å². The number of benzene rings is 2. The molecule has 0 N–H and O–H groups in total. The quantitative estimate of drug-likeness (QED) is 0.394. The molecule has 3 rings (SSSR count). The third kappa shape index (κ3) is 5.17. The standard InChI is InChI=1S/C19H18F2N2O6/c20-19(21)29-17-4-2-1-3-14(17)12-28-18(24)13-5-6-15(16(11-13)23(25)26)22-7-9-27-10-8-22/h1-6,11,19H,7-10,12H2. The minimum Gasteiger partial charge on any atom is -0.457 e. The van der Waals surface area contributed by atoms with Crippen LogP contribution in [0, 0.1) is 10.1 Å². The molecule has 0 amide bonds. The number of alkyl halides is 2. The molecule has 0 aliphatic carbocycles. The molecule has 154 valence electrons. The lowest BCUT2D eigenvalue weighted by atomic mass is 10.1. The Hall–Kier alpha value is -3.27. The van der Waals surface area contributed by atoms with Crippen molar-refractivity contribution < 1.29 is 32.7 Å². The van der Waals surface area contributed by atoms with Crippen molar-refractivity contribution in [2.45, 2.75) is 13.2 Å². The molecular formula is C19H18F2N2O6. The molecule has 29 heavy (non-hydrogen) atoms. The number of para-hydroxylation sites is 1. The Morgan fingerprint density at radius 3 is 2.62 bits per heavy atom. The van der Waals surface area contributed by atoms with E-state index in [1.807, 2.05) is 4.90 Å². The zero-order valence-corrected chi connectivity index (χ0v) is 15.3. The number of hydrogen-bond donors (Lipinski definition) is 0. The Labute approximate surface area is 164 Å².